The maximum Gasteiger partial charge on any atom is 0.257 e. The van der Waals surface area contributed by atoms with Crippen LogP contribution in [0.1, 0.15) is 22.8 Å². The van der Waals surface area contributed by atoms with Gasteiger partial charge in [-0.25, -0.2) is 13.8 Å². The zero-order valence-electron chi connectivity index (χ0n) is 17.4. The number of carbonyl (C=O) groups is 1. The summed E-state index contributed by atoms with van der Waals surface area (Å²) in [4.78, 5) is 16.9. The minimum Gasteiger partial charge on any atom is -0.382 e. The lowest BCUT2D eigenvalue weighted by Gasteiger charge is -2.13. The van der Waals surface area contributed by atoms with Crippen molar-refractivity contribution in [3.8, 4) is 11.3 Å². The largest absolute Gasteiger partial charge is 0.382 e. The number of benzene rings is 2. The topological polar surface area (TPSA) is 91.4 Å². The van der Waals surface area contributed by atoms with Gasteiger partial charge in [0.05, 0.1) is 18.3 Å². The Balaban J connectivity index is 1.80. The first-order chi connectivity index (χ1) is 14.9. The predicted molar refractivity (Wildman–Crippen MR) is 115 cm³/mol. The number of aliphatic imine (C=N–C) groups is 1. The smallest absolute Gasteiger partial charge is 0.257 e. The molecule has 31 heavy (non-hydrogen) atoms. The van der Waals surface area contributed by atoms with Gasteiger partial charge in [-0.3, -0.25) is 15.2 Å². The molecule has 7 nitrogen and oxygen atoms in total. The van der Waals surface area contributed by atoms with E-state index in [-0.39, 0.29) is 23.4 Å². The highest BCUT2D eigenvalue weighted by Crippen LogP contribution is 2.22. The highest BCUT2D eigenvalue weighted by molar-refractivity contribution is 6.09. The normalized spacial score (nSPS) is 12.5. The molecule has 9 heteroatoms. The molecule has 0 spiro atoms. The number of methoxy groups -OCH3 is 1. The third-order valence-electron chi connectivity index (χ3n) is 4.40. The van der Waals surface area contributed by atoms with Crippen LogP contribution < -0.4 is 10.6 Å². The van der Waals surface area contributed by atoms with Crippen LogP contribution in [0.4, 0.5) is 14.6 Å². The second-order valence-corrected chi connectivity index (χ2v) is 7.00. The van der Waals surface area contributed by atoms with E-state index in [1.807, 2.05) is 6.92 Å². The molecule has 1 unspecified atom stereocenters. The number of rotatable bonds is 6. The number of guanidine groups is 1. The standard InChI is InChI=1S/C22H23F2N5O2/c1-13-4-5-16(10-18(13)24)19-11-20(29-28-19)26-22(25-14(2)12-31-3)27-21(30)15-6-8-17(23)9-7-15/h4-11,14H,12H2,1-3H3,(H3,25,26,27,28,29,30). The number of hydrogen-bond acceptors (Lipinski definition) is 4. The van der Waals surface area contributed by atoms with Crippen LogP contribution in [0, 0.1) is 18.6 Å². The second-order valence-electron chi connectivity index (χ2n) is 7.00. The van der Waals surface area contributed by atoms with Crippen molar-refractivity contribution in [1.82, 2.24) is 15.5 Å². The molecule has 1 heterocycles. The van der Waals surface area contributed by atoms with Gasteiger partial charge in [-0.15, -0.1) is 0 Å². The molecule has 0 radical (unpaired) electrons. The lowest BCUT2D eigenvalue weighted by Crippen LogP contribution is -2.37. The number of H-pyrrole nitrogens is 1. The fourth-order valence-electron chi connectivity index (χ4n) is 2.79. The summed E-state index contributed by atoms with van der Waals surface area (Å²) in [5, 5.41) is 12.6. The van der Waals surface area contributed by atoms with Gasteiger partial charge in [-0.2, -0.15) is 5.10 Å². The number of ether oxygens (including phenoxy) is 1. The van der Waals surface area contributed by atoms with Crippen LogP contribution in [-0.4, -0.2) is 41.8 Å². The van der Waals surface area contributed by atoms with Crippen molar-refractivity contribution < 1.29 is 18.3 Å². The number of carbonyl (C=O) groups excluding carboxylic acids is 1. The minimum absolute atomic E-state index is 0.145. The van der Waals surface area contributed by atoms with E-state index in [1.165, 1.54) is 30.3 Å². The maximum atomic E-state index is 13.9. The highest BCUT2D eigenvalue weighted by atomic mass is 19.1. The van der Waals surface area contributed by atoms with Gasteiger partial charge in [-0.05, 0) is 49.7 Å². The summed E-state index contributed by atoms with van der Waals surface area (Å²) in [6, 6.07) is 11.4. The Morgan fingerprint density at radius 1 is 1.19 bits per heavy atom. The first kappa shape index (κ1) is 22.1. The van der Waals surface area contributed by atoms with Crippen LogP contribution in [0.3, 0.4) is 0 Å². The Labute approximate surface area is 178 Å². The fraction of sp³-hybridized carbons (Fsp3) is 0.227. The number of nitrogens with zero attached hydrogens (tertiary/aromatic N) is 2. The van der Waals surface area contributed by atoms with Crippen molar-refractivity contribution in [3.05, 3.63) is 71.3 Å². The lowest BCUT2D eigenvalue weighted by atomic mass is 10.1. The van der Waals surface area contributed by atoms with E-state index in [4.69, 9.17) is 4.74 Å². The Morgan fingerprint density at radius 2 is 1.94 bits per heavy atom. The number of aromatic nitrogens is 2. The number of amides is 1. The monoisotopic (exact) mass is 427 g/mol. The quantitative estimate of drug-likeness (QED) is 0.411. The van der Waals surface area contributed by atoms with Gasteiger partial charge in [-0.1, -0.05) is 12.1 Å². The Morgan fingerprint density at radius 3 is 2.61 bits per heavy atom. The number of aromatic amines is 1. The van der Waals surface area contributed by atoms with Crippen molar-refractivity contribution in [2.75, 3.05) is 19.0 Å². The summed E-state index contributed by atoms with van der Waals surface area (Å²) in [5.74, 6) is -0.698. The van der Waals surface area contributed by atoms with E-state index in [0.29, 0.717) is 29.2 Å². The first-order valence-electron chi connectivity index (χ1n) is 9.58. The van der Waals surface area contributed by atoms with Crippen molar-refractivity contribution in [2.24, 2.45) is 4.99 Å². The summed E-state index contributed by atoms with van der Waals surface area (Å²) in [6.07, 6.45) is 0. The van der Waals surface area contributed by atoms with Gasteiger partial charge in [0.15, 0.2) is 5.82 Å². The van der Waals surface area contributed by atoms with Crippen LogP contribution in [-0.2, 0) is 4.74 Å². The average molecular weight is 427 g/mol. The fourth-order valence-corrected chi connectivity index (χ4v) is 2.79. The van der Waals surface area contributed by atoms with E-state index < -0.39 is 11.7 Å². The van der Waals surface area contributed by atoms with E-state index in [0.717, 1.165) is 0 Å². The van der Waals surface area contributed by atoms with Crippen LogP contribution in [0.15, 0.2) is 53.5 Å². The van der Waals surface area contributed by atoms with Gasteiger partial charge in [0.1, 0.15) is 11.6 Å². The van der Waals surface area contributed by atoms with E-state index in [1.54, 1.807) is 32.2 Å². The summed E-state index contributed by atoms with van der Waals surface area (Å²) in [5.41, 5.74) is 2.04. The third-order valence-corrected chi connectivity index (χ3v) is 4.40. The number of aryl methyl sites for hydroxylation is 1. The highest BCUT2D eigenvalue weighted by Gasteiger charge is 2.13. The van der Waals surface area contributed by atoms with Gasteiger partial charge in [0.2, 0.25) is 5.96 Å². The Kier molecular flexibility index (Phi) is 7.09. The summed E-state index contributed by atoms with van der Waals surface area (Å²) < 4.78 is 32.1. The summed E-state index contributed by atoms with van der Waals surface area (Å²) in [6.45, 7) is 3.85. The molecule has 1 aromatic heterocycles. The Hall–Kier alpha value is -3.59. The molecule has 0 aliphatic heterocycles. The van der Waals surface area contributed by atoms with E-state index >= 15 is 0 Å². The third kappa shape index (κ3) is 5.95. The summed E-state index contributed by atoms with van der Waals surface area (Å²) >= 11 is 0. The molecule has 0 aliphatic rings. The van der Waals surface area contributed by atoms with Crippen molar-refractivity contribution in [3.63, 3.8) is 0 Å². The predicted octanol–water partition coefficient (Wildman–Crippen LogP) is 3.90. The molecule has 0 saturated heterocycles. The Bertz CT molecular complexity index is 1080. The zero-order chi connectivity index (χ0) is 22.4. The van der Waals surface area contributed by atoms with Crippen LogP contribution in [0.2, 0.25) is 0 Å². The van der Waals surface area contributed by atoms with Gasteiger partial charge < -0.3 is 10.1 Å². The molecule has 3 N–H and O–H groups in total. The average Bonchev–Trinajstić information content (AvgIpc) is 3.19. The molecule has 0 saturated carbocycles. The van der Waals surface area contributed by atoms with Gasteiger partial charge >= 0.3 is 0 Å². The zero-order valence-corrected chi connectivity index (χ0v) is 17.4. The number of anilines is 1. The SMILES string of the molecule is COCC(C)N=C(NC(=O)c1ccc(F)cc1)Nc1cc(-c2ccc(C)c(F)c2)[nH]n1. The van der Waals surface area contributed by atoms with E-state index in [2.05, 4.69) is 25.8 Å². The van der Waals surface area contributed by atoms with Crippen molar-refractivity contribution in [1.29, 1.82) is 0 Å². The number of nitrogens with one attached hydrogen (secondary N) is 3. The second kappa shape index (κ2) is 9.94. The first-order valence-corrected chi connectivity index (χ1v) is 9.58. The minimum atomic E-state index is -0.466. The van der Waals surface area contributed by atoms with Crippen LogP contribution >= 0.6 is 0 Å². The van der Waals surface area contributed by atoms with Gasteiger partial charge in [0, 0.05) is 24.3 Å². The molecule has 3 rings (SSSR count). The van der Waals surface area contributed by atoms with E-state index in [9.17, 15) is 13.6 Å². The molecule has 1 amide bonds. The van der Waals surface area contributed by atoms with Crippen LogP contribution in [0.5, 0.6) is 0 Å². The van der Waals surface area contributed by atoms with Crippen molar-refractivity contribution in [2.45, 2.75) is 19.9 Å². The molecular formula is C22H23F2N5O2. The number of hydrogen-bond donors (Lipinski definition) is 3. The molecule has 3 aromatic rings. The van der Waals surface area contributed by atoms with Crippen molar-refractivity contribution >= 4 is 17.7 Å². The molecule has 0 bridgehead atoms. The molecule has 162 valence electrons. The van der Waals surface area contributed by atoms with Gasteiger partial charge in [0.25, 0.3) is 5.91 Å². The number of halogens is 2. The molecule has 0 fully saturated rings. The lowest BCUT2D eigenvalue weighted by molar-refractivity contribution is 0.0976. The molecule has 1 atom stereocenters. The molecular weight excluding hydrogens is 404 g/mol. The summed E-state index contributed by atoms with van der Waals surface area (Å²) in [7, 11) is 1.55. The molecule has 2 aromatic carbocycles. The van der Waals surface area contributed by atoms with Crippen LogP contribution in [0.25, 0.3) is 11.3 Å². The maximum absolute atomic E-state index is 13.9. The molecule has 0 aliphatic carbocycles.